The van der Waals surface area contributed by atoms with E-state index < -0.39 is 0 Å². The van der Waals surface area contributed by atoms with Crippen molar-refractivity contribution in [2.24, 2.45) is 0 Å². The Hall–Kier alpha value is -3.06. The van der Waals surface area contributed by atoms with Gasteiger partial charge >= 0.3 is 0 Å². The van der Waals surface area contributed by atoms with Gasteiger partial charge in [0.15, 0.2) is 5.82 Å². The number of hydrogen-bond acceptors (Lipinski definition) is 5. The fourth-order valence-corrected chi connectivity index (χ4v) is 2.94. The second-order valence-corrected chi connectivity index (χ2v) is 6.40. The Bertz CT molecular complexity index is 918. The monoisotopic (exact) mass is 350 g/mol. The topological polar surface area (TPSA) is 75.9 Å². The predicted octanol–water partition coefficient (Wildman–Crippen LogP) is 2.52. The van der Waals surface area contributed by atoms with Crippen molar-refractivity contribution in [1.82, 2.24) is 25.1 Å². The molecule has 7 heteroatoms. The zero-order valence-electron chi connectivity index (χ0n) is 15.3. The number of carbonyl (C=O) groups is 1. The van der Waals surface area contributed by atoms with E-state index in [0.717, 1.165) is 16.8 Å². The Morgan fingerprint density at radius 3 is 2.54 bits per heavy atom. The number of tetrazole rings is 1. The van der Waals surface area contributed by atoms with Gasteiger partial charge < -0.3 is 5.32 Å². The first-order chi connectivity index (χ1) is 12.5. The van der Waals surface area contributed by atoms with Crippen LogP contribution in [-0.2, 0) is 4.79 Å². The first kappa shape index (κ1) is 17.8. The van der Waals surface area contributed by atoms with Gasteiger partial charge in [-0.15, -0.1) is 5.10 Å². The Kier molecular flexibility index (Phi) is 5.09. The molecule has 0 aliphatic heterocycles. The summed E-state index contributed by atoms with van der Waals surface area (Å²) >= 11 is 0. The summed E-state index contributed by atoms with van der Waals surface area (Å²) in [7, 11) is 3.80. The molecule has 1 amide bonds. The number of amides is 1. The van der Waals surface area contributed by atoms with E-state index in [0.29, 0.717) is 11.5 Å². The average molecular weight is 350 g/mol. The standard InChI is InChI=1S/C19H22N6O/c1-13-8-5-6-11-17(13)18(24(3)4)19(26)20-15-9-7-10-16(12-15)25-14(2)21-22-23-25/h5-12,18H,1-4H3,(H,20,26). The lowest BCUT2D eigenvalue weighted by atomic mass is 9.99. The van der Waals surface area contributed by atoms with Gasteiger partial charge in [0.25, 0.3) is 0 Å². The van der Waals surface area contributed by atoms with Crippen LogP contribution in [0, 0.1) is 13.8 Å². The van der Waals surface area contributed by atoms with Crippen LogP contribution >= 0.6 is 0 Å². The summed E-state index contributed by atoms with van der Waals surface area (Å²) < 4.78 is 1.63. The van der Waals surface area contributed by atoms with Crippen LogP contribution in [0.15, 0.2) is 48.5 Å². The van der Waals surface area contributed by atoms with Gasteiger partial charge in [-0.3, -0.25) is 9.69 Å². The van der Waals surface area contributed by atoms with E-state index in [2.05, 4.69) is 20.8 Å². The van der Waals surface area contributed by atoms with Crippen molar-refractivity contribution < 1.29 is 4.79 Å². The molecule has 0 saturated heterocycles. The minimum absolute atomic E-state index is 0.0881. The summed E-state index contributed by atoms with van der Waals surface area (Å²) in [5, 5.41) is 14.5. The fourth-order valence-electron chi connectivity index (χ4n) is 2.94. The van der Waals surface area contributed by atoms with E-state index in [1.807, 2.05) is 81.4 Å². The normalized spacial score (nSPS) is 12.2. The molecular formula is C19H22N6O. The summed E-state index contributed by atoms with van der Waals surface area (Å²) in [6.45, 7) is 3.84. The maximum Gasteiger partial charge on any atom is 0.246 e. The number of nitrogens with one attached hydrogen (secondary N) is 1. The minimum Gasteiger partial charge on any atom is -0.324 e. The molecule has 0 aliphatic carbocycles. The molecule has 3 aromatic rings. The number of likely N-dealkylation sites (N-methyl/N-ethyl adjacent to an activating group) is 1. The SMILES string of the molecule is Cc1ccccc1C(C(=O)Nc1cccc(-n2nnnc2C)c1)N(C)C. The van der Waals surface area contributed by atoms with Crippen molar-refractivity contribution in [3.8, 4) is 5.69 Å². The number of rotatable bonds is 5. The molecule has 134 valence electrons. The lowest BCUT2D eigenvalue weighted by molar-refractivity contribution is -0.120. The molecule has 0 fully saturated rings. The zero-order chi connectivity index (χ0) is 18.7. The molecule has 1 atom stereocenters. The second-order valence-electron chi connectivity index (χ2n) is 6.40. The van der Waals surface area contributed by atoms with Crippen LogP contribution in [0.2, 0.25) is 0 Å². The van der Waals surface area contributed by atoms with Crippen molar-refractivity contribution in [1.29, 1.82) is 0 Å². The summed E-state index contributed by atoms with van der Waals surface area (Å²) in [5.41, 5.74) is 3.56. The number of hydrogen-bond donors (Lipinski definition) is 1. The molecule has 0 bridgehead atoms. The summed E-state index contributed by atoms with van der Waals surface area (Å²) in [5.74, 6) is 0.592. The van der Waals surface area contributed by atoms with Crippen molar-refractivity contribution in [3.05, 3.63) is 65.5 Å². The molecule has 1 heterocycles. The zero-order valence-corrected chi connectivity index (χ0v) is 15.3. The number of anilines is 1. The molecule has 7 nitrogen and oxygen atoms in total. The molecule has 0 spiro atoms. The Balaban J connectivity index is 1.87. The predicted molar refractivity (Wildman–Crippen MR) is 100 cm³/mol. The van der Waals surface area contributed by atoms with E-state index in [1.54, 1.807) is 4.68 Å². The number of nitrogens with zero attached hydrogens (tertiary/aromatic N) is 5. The van der Waals surface area contributed by atoms with Crippen LogP contribution in [0.3, 0.4) is 0 Å². The van der Waals surface area contributed by atoms with Crippen LogP contribution in [0.4, 0.5) is 5.69 Å². The highest BCUT2D eigenvalue weighted by Crippen LogP contribution is 2.24. The highest BCUT2D eigenvalue weighted by molar-refractivity contribution is 5.96. The highest BCUT2D eigenvalue weighted by Gasteiger charge is 2.24. The van der Waals surface area contributed by atoms with Crippen LogP contribution < -0.4 is 5.32 Å². The van der Waals surface area contributed by atoms with Gasteiger partial charge in [-0.05, 0) is 67.7 Å². The second kappa shape index (κ2) is 7.45. The molecule has 3 rings (SSSR count). The van der Waals surface area contributed by atoms with E-state index in [4.69, 9.17) is 0 Å². The highest BCUT2D eigenvalue weighted by atomic mass is 16.2. The maximum atomic E-state index is 13.0. The lowest BCUT2D eigenvalue weighted by Gasteiger charge is -2.25. The van der Waals surface area contributed by atoms with Crippen LogP contribution in [-0.4, -0.2) is 45.1 Å². The number of aromatic nitrogens is 4. The van der Waals surface area contributed by atoms with E-state index in [1.165, 1.54) is 0 Å². The van der Waals surface area contributed by atoms with Crippen LogP contribution in [0.5, 0.6) is 0 Å². The Morgan fingerprint density at radius 2 is 1.88 bits per heavy atom. The third-order valence-corrected chi connectivity index (χ3v) is 4.23. The molecule has 1 unspecified atom stereocenters. The smallest absolute Gasteiger partial charge is 0.246 e. The molecule has 1 aromatic heterocycles. The molecule has 0 radical (unpaired) electrons. The molecule has 0 saturated carbocycles. The van der Waals surface area contributed by atoms with Crippen LogP contribution in [0.1, 0.15) is 23.0 Å². The van der Waals surface area contributed by atoms with Crippen molar-refractivity contribution >= 4 is 11.6 Å². The summed E-state index contributed by atoms with van der Waals surface area (Å²) in [6, 6.07) is 15.0. The van der Waals surface area contributed by atoms with E-state index in [-0.39, 0.29) is 11.9 Å². The molecule has 1 N–H and O–H groups in total. The Morgan fingerprint density at radius 1 is 1.12 bits per heavy atom. The first-order valence-electron chi connectivity index (χ1n) is 8.35. The van der Waals surface area contributed by atoms with E-state index in [9.17, 15) is 4.79 Å². The minimum atomic E-state index is -0.380. The van der Waals surface area contributed by atoms with Crippen molar-refractivity contribution in [3.63, 3.8) is 0 Å². The quantitative estimate of drug-likeness (QED) is 0.765. The number of aryl methyl sites for hydroxylation is 2. The Labute approximate surface area is 152 Å². The van der Waals surface area contributed by atoms with Gasteiger partial charge in [-0.2, -0.15) is 4.68 Å². The maximum absolute atomic E-state index is 13.0. The van der Waals surface area contributed by atoms with Gasteiger partial charge in [-0.25, -0.2) is 0 Å². The number of benzene rings is 2. The van der Waals surface area contributed by atoms with Gasteiger partial charge in [0.2, 0.25) is 5.91 Å². The van der Waals surface area contributed by atoms with Gasteiger partial charge in [0.1, 0.15) is 6.04 Å². The average Bonchev–Trinajstić information content (AvgIpc) is 3.03. The first-order valence-corrected chi connectivity index (χ1v) is 8.35. The fraction of sp³-hybridized carbons (Fsp3) is 0.263. The molecular weight excluding hydrogens is 328 g/mol. The molecule has 2 aromatic carbocycles. The number of carbonyl (C=O) groups excluding carboxylic acids is 1. The van der Waals surface area contributed by atoms with Crippen molar-refractivity contribution in [2.45, 2.75) is 19.9 Å². The third kappa shape index (κ3) is 3.62. The third-order valence-electron chi connectivity index (χ3n) is 4.23. The summed E-state index contributed by atoms with van der Waals surface area (Å²) in [6.07, 6.45) is 0. The van der Waals surface area contributed by atoms with Gasteiger partial charge in [-0.1, -0.05) is 30.3 Å². The summed E-state index contributed by atoms with van der Waals surface area (Å²) in [4.78, 5) is 14.9. The van der Waals surface area contributed by atoms with Gasteiger partial charge in [0, 0.05) is 5.69 Å². The van der Waals surface area contributed by atoms with Gasteiger partial charge in [0.05, 0.1) is 5.69 Å². The largest absolute Gasteiger partial charge is 0.324 e. The molecule has 26 heavy (non-hydrogen) atoms. The van der Waals surface area contributed by atoms with Crippen molar-refractivity contribution in [2.75, 3.05) is 19.4 Å². The lowest BCUT2D eigenvalue weighted by Crippen LogP contribution is -2.32. The molecule has 0 aliphatic rings. The van der Waals surface area contributed by atoms with Crippen LogP contribution in [0.25, 0.3) is 5.69 Å². The van der Waals surface area contributed by atoms with E-state index >= 15 is 0 Å².